The minimum absolute atomic E-state index is 0.000847. The van der Waals surface area contributed by atoms with E-state index in [-0.39, 0.29) is 11.9 Å². The number of nitrogens with zero attached hydrogens (tertiary/aromatic N) is 5. The highest BCUT2D eigenvalue weighted by Crippen LogP contribution is 2.34. The van der Waals surface area contributed by atoms with Crippen LogP contribution in [0.2, 0.25) is 0 Å². The van der Waals surface area contributed by atoms with Gasteiger partial charge in [0.05, 0.1) is 13.2 Å². The molecular weight excluding hydrogens is 330 g/mol. The molecule has 1 aliphatic heterocycles. The fourth-order valence-electron chi connectivity index (χ4n) is 3.37. The molecule has 1 aliphatic rings. The minimum atomic E-state index is -0.000847. The van der Waals surface area contributed by atoms with E-state index in [0.717, 1.165) is 30.7 Å². The zero-order valence-corrected chi connectivity index (χ0v) is 14.4. The number of likely N-dealkylation sites (tertiary alicyclic amines) is 1. The third-order valence-electron chi connectivity index (χ3n) is 4.64. The van der Waals surface area contributed by atoms with Crippen LogP contribution < -0.4 is 4.74 Å². The maximum absolute atomic E-state index is 13.1. The van der Waals surface area contributed by atoms with E-state index >= 15 is 0 Å². The van der Waals surface area contributed by atoms with Crippen LogP contribution in [-0.4, -0.2) is 44.2 Å². The fourth-order valence-corrected chi connectivity index (χ4v) is 3.37. The summed E-state index contributed by atoms with van der Waals surface area (Å²) in [5, 5.41) is 4.07. The van der Waals surface area contributed by atoms with Crippen molar-refractivity contribution in [1.82, 2.24) is 24.6 Å². The highest BCUT2D eigenvalue weighted by Gasteiger charge is 2.31. The van der Waals surface area contributed by atoms with Gasteiger partial charge in [0.15, 0.2) is 5.82 Å². The second kappa shape index (κ2) is 6.95. The number of rotatable bonds is 4. The summed E-state index contributed by atoms with van der Waals surface area (Å²) in [6.45, 7) is 0.738. The van der Waals surface area contributed by atoms with Crippen molar-refractivity contribution in [3.63, 3.8) is 0 Å². The lowest BCUT2D eigenvalue weighted by Crippen LogP contribution is -2.30. The first-order valence-corrected chi connectivity index (χ1v) is 8.52. The summed E-state index contributed by atoms with van der Waals surface area (Å²) in [5.74, 6) is 1.38. The molecule has 0 saturated carbocycles. The average Bonchev–Trinajstić information content (AvgIpc) is 3.39. The van der Waals surface area contributed by atoms with Crippen molar-refractivity contribution in [3.8, 4) is 11.6 Å². The van der Waals surface area contributed by atoms with Crippen LogP contribution in [0.1, 0.15) is 34.8 Å². The van der Waals surface area contributed by atoms with E-state index in [4.69, 9.17) is 4.74 Å². The largest absolute Gasteiger partial charge is 0.497 e. The standard InChI is InChI=1S/C19H19N5O2/c1-26-16-5-2-4-14(10-16)17-6-3-9-23(17)19(25)15-7-8-21-18(11-15)24-13-20-12-22-24/h2,4-5,7-8,10-13,17H,3,6,9H2,1H3/t17-/m0/s1. The van der Waals surface area contributed by atoms with Crippen LogP contribution in [0.15, 0.2) is 55.2 Å². The molecular formula is C19H19N5O2. The topological polar surface area (TPSA) is 73.1 Å². The fraction of sp³-hybridized carbons (Fsp3) is 0.263. The quantitative estimate of drug-likeness (QED) is 0.724. The Morgan fingerprint density at radius 2 is 2.19 bits per heavy atom. The van der Waals surface area contributed by atoms with Gasteiger partial charge in [-0.3, -0.25) is 4.79 Å². The summed E-state index contributed by atoms with van der Waals surface area (Å²) in [7, 11) is 1.65. The Labute approximate surface area is 151 Å². The van der Waals surface area contributed by atoms with Gasteiger partial charge in [-0.05, 0) is 42.7 Å². The molecule has 0 radical (unpaired) electrons. The number of benzene rings is 1. The van der Waals surface area contributed by atoms with Gasteiger partial charge in [-0.25, -0.2) is 14.6 Å². The van der Waals surface area contributed by atoms with E-state index in [1.807, 2.05) is 29.2 Å². The average molecular weight is 349 g/mol. The third kappa shape index (κ3) is 3.03. The summed E-state index contributed by atoms with van der Waals surface area (Å²) in [5.41, 5.74) is 1.70. The van der Waals surface area contributed by atoms with Gasteiger partial charge in [-0.15, -0.1) is 0 Å². The molecule has 0 spiro atoms. The van der Waals surface area contributed by atoms with Gasteiger partial charge in [0.25, 0.3) is 5.91 Å². The van der Waals surface area contributed by atoms with Gasteiger partial charge < -0.3 is 9.64 Å². The lowest BCUT2D eigenvalue weighted by molar-refractivity contribution is 0.0735. The van der Waals surface area contributed by atoms with Crippen molar-refractivity contribution >= 4 is 5.91 Å². The van der Waals surface area contributed by atoms with Gasteiger partial charge in [0.2, 0.25) is 0 Å². The van der Waals surface area contributed by atoms with Crippen LogP contribution in [0.3, 0.4) is 0 Å². The van der Waals surface area contributed by atoms with Crippen molar-refractivity contribution in [2.45, 2.75) is 18.9 Å². The SMILES string of the molecule is COc1cccc([C@@H]2CCCN2C(=O)c2ccnc(-n3cncn3)c2)c1. The van der Waals surface area contributed by atoms with Crippen molar-refractivity contribution in [3.05, 3.63) is 66.4 Å². The lowest BCUT2D eigenvalue weighted by atomic mass is 10.0. The summed E-state index contributed by atoms with van der Waals surface area (Å²) in [6, 6.07) is 11.5. The van der Waals surface area contributed by atoms with Crippen molar-refractivity contribution in [1.29, 1.82) is 0 Å². The maximum atomic E-state index is 13.1. The lowest BCUT2D eigenvalue weighted by Gasteiger charge is -2.25. The predicted molar refractivity (Wildman–Crippen MR) is 95.2 cm³/mol. The van der Waals surface area contributed by atoms with E-state index in [9.17, 15) is 4.79 Å². The third-order valence-corrected chi connectivity index (χ3v) is 4.64. The molecule has 1 fully saturated rings. The Kier molecular flexibility index (Phi) is 4.35. The Morgan fingerprint density at radius 3 is 3.00 bits per heavy atom. The van der Waals surface area contributed by atoms with Crippen LogP contribution >= 0.6 is 0 Å². The summed E-state index contributed by atoms with van der Waals surface area (Å²) in [6.07, 6.45) is 6.55. The smallest absolute Gasteiger partial charge is 0.254 e. The molecule has 2 aromatic heterocycles. The summed E-state index contributed by atoms with van der Waals surface area (Å²) in [4.78, 5) is 23.2. The van der Waals surface area contributed by atoms with Gasteiger partial charge in [-0.2, -0.15) is 5.10 Å². The number of carbonyl (C=O) groups is 1. The second-order valence-electron chi connectivity index (χ2n) is 6.18. The van der Waals surface area contributed by atoms with Crippen molar-refractivity contribution in [2.24, 2.45) is 0 Å². The molecule has 0 bridgehead atoms. The highest BCUT2D eigenvalue weighted by molar-refractivity contribution is 5.95. The van der Waals surface area contributed by atoms with Crippen LogP contribution in [0.5, 0.6) is 5.75 Å². The Balaban J connectivity index is 1.62. The molecule has 3 aromatic rings. The number of ether oxygens (including phenoxy) is 1. The molecule has 1 amide bonds. The van der Waals surface area contributed by atoms with Gasteiger partial charge in [0, 0.05) is 18.3 Å². The molecule has 1 atom stereocenters. The highest BCUT2D eigenvalue weighted by atomic mass is 16.5. The Bertz CT molecular complexity index is 910. The first-order chi connectivity index (χ1) is 12.8. The van der Waals surface area contributed by atoms with Crippen molar-refractivity contribution in [2.75, 3.05) is 13.7 Å². The molecule has 1 saturated heterocycles. The van der Waals surface area contributed by atoms with Crippen LogP contribution in [0.25, 0.3) is 5.82 Å². The number of pyridine rings is 1. The van der Waals surface area contributed by atoms with Gasteiger partial charge >= 0.3 is 0 Å². The van der Waals surface area contributed by atoms with E-state index in [2.05, 4.69) is 15.1 Å². The molecule has 0 unspecified atom stereocenters. The van der Waals surface area contributed by atoms with E-state index in [1.165, 1.54) is 6.33 Å². The molecule has 3 heterocycles. The minimum Gasteiger partial charge on any atom is -0.497 e. The number of carbonyl (C=O) groups excluding carboxylic acids is 1. The normalized spacial score (nSPS) is 16.7. The zero-order valence-electron chi connectivity index (χ0n) is 14.4. The first-order valence-electron chi connectivity index (χ1n) is 8.52. The molecule has 7 nitrogen and oxygen atoms in total. The van der Waals surface area contributed by atoms with E-state index in [1.54, 1.807) is 36.4 Å². The molecule has 1 aromatic carbocycles. The number of amides is 1. The van der Waals surface area contributed by atoms with Gasteiger partial charge in [-0.1, -0.05) is 12.1 Å². The zero-order chi connectivity index (χ0) is 17.9. The van der Waals surface area contributed by atoms with Crippen LogP contribution in [0.4, 0.5) is 0 Å². The van der Waals surface area contributed by atoms with E-state index < -0.39 is 0 Å². The number of methoxy groups -OCH3 is 1. The van der Waals surface area contributed by atoms with Crippen LogP contribution in [0, 0.1) is 0 Å². The van der Waals surface area contributed by atoms with E-state index in [0.29, 0.717) is 11.4 Å². The maximum Gasteiger partial charge on any atom is 0.254 e. The molecule has 0 aliphatic carbocycles. The molecule has 4 rings (SSSR count). The van der Waals surface area contributed by atoms with Crippen molar-refractivity contribution < 1.29 is 9.53 Å². The summed E-state index contributed by atoms with van der Waals surface area (Å²) >= 11 is 0. The first kappa shape index (κ1) is 16.3. The summed E-state index contributed by atoms with van der Waals surface area (Å²) < 4.78 is 6.87. The monoisotopic (exact) mass is 349 g/mol. The Hall–Kier alpha value is -3.22. The van der Waals surface area contributed by atoms with Gasteiger partial charge in [0.1, 0.15) is 18.4 Å². The number of aromatic nitrogens is 4. The second-order valence-corrected chi connectivity index (χ2v) is 6.18. The predicted octanol–water partition coefficient (Wildman–Crippen LogP) is 2.65. The molecule has 0 N–H and O–H groups in total. The molecule has 132 valence electrons. The molecule has 26 heavy (non-hydrogen) atoms. The molecule has 7 heteroatoms. The van der Waals surface area contributed by atoms with Crippen LogP contribution in [-0.2, 0) is 0 Å². The number of hydrogen-bond donors (Lipinski definition) is 0. The Morgan fingerprint density at radius 1 is 1.27 bits per heavy atom. The number of hydrogen-bond acceptors (Lipinski definition) is 5.